The number of para-hydroxylation sites is 1. The Hall–Kier alpha value is -3.64. The van der Waals surface area contributed by atoms with Crippen molar-refractivity contribution in [2.45, 2.75) is 0 Å². The molecule has 1 aromatic heterocycles. The third kappa shape index (κ3) is 3.71. The summed E-state index contributed by atoms with van der Waals surface area (Å²) in [5.41, 5.74) is 3.89. The van der Waals surface area contributed by atoms with Crippen molar-refractivity contribution < 1.29 is 9.31 Å². The maximum Gasteiger partial charge on any atom is 0.269 e. The number of nitro benzene ring substituents is 1. The number of hydrazone groups is 1. The fraction of sp³-hybridized carbons (Fsp3) is 0. The molecule has 0 aliphatic heterocycles. The summed E-state index contributed by atoms with van der Waals surface area (Å²) < 4.78 is 13.6. The molecular weight excluding hydrogens is 357 g/mol. The second-order valence-corrected chi connectivity index (χ2v) is 5.86. The lowest BCUT2D eigenvalue weighted by molar-refractivity contribution is -0.384. The second-order valence-electron chi connectivity index (χ2n) is 5.01. The van der Waals surface area contributed by atoms with Crippen LogP contribution < -0.4 is 5.43 Å². The van der Waals surface area contributed by atoms with Crippen molar-refractivity contribution in [3.05, 3.63) is 74.9 Å². The lowest BCUT2D eigenvalue weighted by Crippen LogP contribution is -2.02. The van der Waals surface area contributed by atoms with E-state index in [-0.39, 0.29) is 17.1 Å². The van der Waals surface area contributed by atoms with E-state index >= 15 is 0 Å². The molecule has 0 amide bonds. The lowest BCUT2D eigenvalue weighted by Gasteiger charge is -2.01. The summed E-state index contributed by atoms with van der Waals surface area (Å²) >= 11 is 1.19. The molecule has 128 valence electrons. The topological polar surface area (TPSA) is 104 Å². The molecule has 0 aliphatic rings. The number of halogens is 1. The Balaban J connectivity index is 1.83. The highest BCUT2D eigenvalue weighted by molar-refractivity contribution is 7.12. The molecule has 1 heterocycles. The summed E-state index contributed by atoms with van der Waals surface area (Å²) in [6.45, 7) is 0. The Bertz CT molecular complexity index is 1020. The van der Waals surface area contributed by atoms with Crippen LogP contribution in [0.3, 0.4) is 0 Å². The molecule has 9 heteroatoms. The predicted molar refractivity (Wildman–Crippen MR) is 96.4 cm³/mol. The first-order chi connectivity index (χ1) is 12.6. The summed E-state index contributed by atoms with van der Waals surface area (Å²) in [4.78, 5) is 14.5. The number of nitrogens with one attached hydrogen (secondary N) is 1. The molecule has 0 saturated carbocycles. The fourth-order valence-corrected chi connectivity index (χ4v) is 2.82. The van der Waals surface area contributed by atoms with Crippen LogP contribution in [0.5, 0.6) is 0 Å². The minimum atomic E-state index is -0.487. The van der Waals surface area contributed by atoms with Gasteiger partial charge < -0.3 is 0 Å². The molecule has 0 aliphatic carbocycles. The molecule has 0 atom stereocenters. The van der Waals surface area contributed by atoms with Crippen LogP contribution >= 0.6 is 11.3 Å². The van der Waals surface area contributed by atoms with Crippen LogP contribution in [-0.2, 0) is 0 Å². The van der Waals surface area contributed by atoms with E-state index in [1.54, 1.807) is 29.6 Å². The molecule has 0 unspecified atom stereocenters. The molecule has 0 fully saturated rings. The molecule has 3 rings (SSSR count). The summed E-state index contributed by atoms with van der Waals surface area (Å²) in [5, 5.41) is 26.0. The SMILES string of the molecule is N#C/C(=N/Nc1ccccc1F)c1nc(-c2ccc([N+](=O)[O-])cc2)cs1. The first kappa shape index (κ1) is 17.2. The third-order valence-corrected chi connectivity index (χ3v) is 4.20. The molecular formula is C17H10FN5O2S. The number of nitrogens with zero attached hydrogens (tertiary/aromatic N) is 4. The minimum absolute atomic E-state index is 0.00594. The van der Waals surface area contributed by atoms with E-state index < -0.39 is 10.7 Å². The van der Waals surface area contributed by atoms with Gasteiger partial charge in [-0.2, -0.15) is 10.4 Å². The van der Waals surface area contributed by atoms with Crippen molar-refractivity contribution in [2.24, 2.45) is 5.10 Å². The van der Waals surface area contributed by atoms with E-state index in [2.05, 4.69) is 15.5 Å². The van der Waals surface area contributed by atoms with Crippen molar-refractivity contribution in [3.63, 3.8) is 0 Å². The van der Waals surface area contributed by atoms with Crippen molar-refractivity contribution in [1.29, 1.82) is 5.26 Å². The zero-order chi connectivity index (χ0) is 18.5. The standard InChI is InChI=1S/C17H10FN5O2S/c18-13-3-1-2-4-14(13)21-22-15(9-19)17-20-16(10-26-17)11-5-7-12(8-6-11)23(24)25/h1-8,10,21H/b22-15-. The number of nitro groups is 1. The lowest BCUT2D eigenvalue weighted by atomic mass is 10.1. The van der Waals surface area contributed by atoms with Gasteiger partial charge in [-0.25, -0.2) is 9.37 Å². The highest BCUT2D eigenvalue weighted by atomic mass is 32.1. The Morgan fingerprint density at radius 3 is 2.65 bits per heavy atom. The van der Waals surface area contributed by atoms with E-state index in [1.807, 2.05) is 6.07 Å². The van der Waals surface area contributed by atoms with E-state index in [9.17, 15) is 19.8 Å². The third-order valence-electron chi connectivity index (χ3n) is 3.35. The quantitative estimate of drug-likeness (QED) is 0.413. The zero-order valence-electron chi connectivity index (χ0n) is 13.1. The molecule has 0 spiro atoms. The van der Waals surface area contributed by atoms with E-state index in [0.717, 1.165) is 0 Å². The predicted octanol–water partition coefficient (Wildman–Crippen LogP) is 4.20. The van der Waals surface area contributed by atoms with Crippen LogP contribution in [0.2, 0.25) is 0 Å². The minimum Gasteiger partial charge on any atom is -0.274 e. The maximum atomic E-state index is 13.6. The largest absolute Gasteiger partial charge is 0.274 e. The average molecular weight is 367 g/mol. The number of aromatic nitrogens is 1. The van der Waals surface area contributed by atoms with Crippen LogP contribution in [0.15, 0.2) is 59.0 Å². The van der Waals surface area contributed by atoms with Crippen LogP contribution in [-0.4, -0.2) is 15.6 Å². The Morgan fingerprint density at radius 2 is 2.00 bits per heavy atom. The highest BCUT2D eigenvalue weighted by Crippen LogP contribution is 2.24. The Kier molecular flexibility index (Phi) is 4.96. The molecule has 26 heavy (non-hydrogen) atoms. The number of thiazole rings is 1. The first-order valence-corrected chi connectivity index (χ1v) is 8.15. The van der Waals surface area contributed by atoms with Gasteiger partial charge in [-0.15, -0.1) is 11.3 Å². The van der Waals surface area contributed by atoms with Crippen molar-refractivity contribution in [3.8, 4) is 17.3 Å². The summed E-state index contributed by atoms with van der Waals surface area (Å²) in [5.74, 6) is -0.487. The number of hydrogen-bond donors (Lipinski definition) is 1. The fourth-order valence-electron chi connectivity index (χ4n) is 2.06. The number of rotatable bonds is 5. The second kappa shape index (κ2) is 7.50. The molecule has 1 N–H and O–H groups in total. The average Bonchev–Trinajstić information content (AvgIpc) is 3.14. The smallest absolute Gasteiger partial charge is 0.269 e. The number of benzene rings is 2. The van der Waals surface area contributed by atoms with Crippen molar-refractivity contribution in [1.82, 2.24) is 4.98 Å². The molecule has 0 bridgehead atoms. The summed E-state index contributed by atoms with van der Waals surface area (Å²) in [7, 11) is 0. The Morgan fingerprint density at radius 1 is 1.27 bits per heavy atom. The maximum absolute atomic E-state index is 13.6. The summed E-state index contributed by atoms with van der Waals surface area (Å²) in [6, 6.07) is 13.8. The van der Waals surface area contributed by atoms with Gasteiger partial charge in [0.2, 0.25) is 0 Å². The summed E-state index contributed by atoms with van der Waals surface area (Å²) in [6.07, 6.45) is 0. The molecule has 7 nitrogen and oxygen atoms in total. The van der Waals surface area contributed by atoms with Crippen LogP contribution in [0, 0.1) is 27.3 Å². The van der Waals surface area contributed by atoms with E-state index in [1.165, 1.54) is 35.6 Å². The molecule has 0 saturated heterocycles. The first-order valence-electron chi connectivity index (χ1n) is 7.27. The number of hydrogen-bond acceptors (Lipinski definition) is 7. The van der Waals surface area contributed by atoms with Gasteiger partial charge in [0.25, 0.3) is 5.69 Å². The van der Waals surface area contributed by atoms with E-state index in [4.69, 9.17) is 0 Å². The monoisotopic (exact) mass is 367 g/mol. The van der Waals surface area contributed by atoms with Gasteiger partial charge in [0.15, 0.2) is 10.7 Å². The molecule has 0 radical (unpaired) electrons. The number of non-ortho nitro benzene ring substituents is 1. The van der Waals surface area contributed by atoms with Gasteiger partial charge >= 0.3 is 0 Å². The van der Waals surface area contributed by atoms with Gasteiger partial charge in [0.05, 0.1) is 16.3 Å². The van der Waals surface area contributed by atoms with Crippen LogP contribution in [0.25, 0.3) is 11.3 Å². The number of nitriles is 1. The zero-order valence-corrected chi connectivity index (χ0v) is 13.9. The normalized spacial score (nSPS) is 11.0. The van der Waals surface area contributed by atoms with Gasteiger partial charge in [-0.3, -0.25) is 15.5 Å². The van der Waals surface area contributed by atoms with Crippen LogP contribution in [0.4, 0.5) is 15.8 Å². The molecule has 2 aromatic carbocycles. The van der Waals surface area contributed by atoms with Gasteiger partial charge in [-0.05, 0) is 24.3 Å². The highest BCUT2D eigenvalue weighted by Gasteiger charge is 2.12. The van der Waals surface area contributed by atoms with Crippen LogP contribution in [0.1, 0.15) is 5.01 Å². The van der Waals surface area contributed by atoms with Gasteiger partial charge in [0.1, 0.15) is 11.9 Å². The van der Waals surface area contributed by atoms with Gasteiger partial charge in [-0.1, -0.05) is 12.1 Å². The molecule has 3 aromatic rings. The van der Waals surface area contributed by atoms with Gasteiger partial charge in [0, 0.05) is 23.1 Å². The van der Waals surface area contributed by atoms with Crippen molar-refractivity contribution >= 4 is 28.4 Å². The van der Waals surface area contributed by atoms with E-state index in [0.29, 0.717) is 16.3 Å². The number of anilines is 1. The Labute approximate surface area is 151 Å². The van der Waals surface area contributed by atoms with Crippen molar-refractivity contribution in [2.75, 3.05) is 5.43 Å².